The molecule has 3 aliphatic rings. The second kappa shape index (κ2) is 10.5. The van der Waals surface area contributed by atoms with Crippen molar-refractivity contribution >= 4 is 11.8 Å². The number of carbonyl (C=O) groups excluding carboxylic acids is 2. The van der Waals surface area contributed by atoms with Crippen molar-refractivity contribution in [2.24, 2.45) is 11.3 Å². The molecule has 35 heavy (non-hydrogen) atoms. The molecule has 0 bridgehead atoms. The van der Waals surface area contributed by atoms with E-state index in [0.717, 1.165) is 83.5 Å². The molecule has 1 unspecified atom stereocenters. The largest absolute Gasteiger partial charge is 0.343 e. The third-order valence-electron chi connectivity index (χ3n) is 8.28. The van der Waals surface area contributed by atoms with Crippen LogP contribution in [0.5, 0.6) is 0 Å². The second-order valence-electron chi connectivity index (χ2n) is 10.6. The monoisotopic (exact) mass is 477 g/mol. The summed E-state index contributed by atoms with van der Waals surface area (Å²) in [4.78, 5) is 32.2. The first-order valence-electron chi connectivity index (χ1n) is 13.1. The third-order valence-corrected chi connectivity index (χ3v) is 8.28. The average molecular weight is 478 g/mol. The SMILES string of the molecule is O=C(CCCc1ccccc1)N1CCC2(CC1)CC2C(=O)N1CCN(Cc2cccc(F)c2)CC1. The van der Waals surface area contributed by atoms with Crippen LogP contribution < -0.4 is 0 Å². The molecule has 2 amide bonds. The Morgan fingerprint density at radius 1 is 0.857 bits per heavy atom. The highest BCUT2D eigenvalue weighted by Gasteiger charge is 2.59. The van der Waals surface area contributed by atoms with Gasteiger partial charge in [0, 0.05) is 58.2 Å². The van der Waals surface area contributed by atoms with Gasteiger partial charge in [0.25, 0.3) is 0 Å². The quantitative estimate of drug-likeness (QED) is 0.603. The van der Waals surface area contributed by atoms with Gasteiger partial charge in [-0.3, -0.25) is 14.5 Å². The summed E-state index contributed by atoms with van der Waals surface area (Å²) in [6.07, 6.45) is 5.31. The lowest BCUT2D eigenvalue weighted by Gasteiger charge is -2.36. The molecule has 1 atom stereocenters. The minimum absolute atomic E-state index is 0.122. The summed E-state index contributed by atoms with van der Waals surface area (Å²) in [5.41, 5.74) is 2.38. The summed E-state index contributed by atoms with van der Waals surface area (Å²) >= 11 is 0. The van der Waals surface area contributed by atoms with Crippen LogP contribution in [0.1, 0.15) is 43.2 Å². The van der Waals surface area contributed by atoms with Gasteiger partial charge in [-0.15, -0.1) is 0 Å². The van der Waals surface area contributed by atoms with Crippen LogP contribution in [0.3, 0.4) is 0 Å². The Kier molecular flexibility index (Phi) is 7.19. The fourth-order valence-electron chi connectivity index (χ4n) is 5.94. The lowest BCUT2D eigenvalue weighted by Crippen LogP contribution is -2.49. The van der Waals surface area contributed by atoms with Crippen molar-refractivity contribution in [2.75, 3.05) is 39.3 Å². The molecule has 1 saturated carbocycles. The van der Waals surface area contributed by atoms with E-state index < -0.39 is 0 Å². The van der Waals surface area contributed by atoms with Crippen molar-refractivity contribution in [1.82, 2.24) is 14.7 Å². The topological polar surface area (TPSA) is 43.9 Å². The lowest BCUT2D eigenvalue weighted by molar-refractivity contribution is -0.136. The van der Waals surface area contributed by atoms with E-state index in [1.54, 1.807) is 12.1 Å². The molecule has 1 aliphatic carbocycles. The Bertz CT molecular complexity index is 1030. The fourth-order valence-corrected chi connectivity index (χ4v) is 5.94. The highest BCUT2D eigenvalue weighted by Crippen LogP contribution is 2.60. The van der Waals surface area contributed by atoms with Gasteiger partial charge >= 0.3 is 0 Å². The van der Waals surface area contributed by atoms with Gasteiger partial charge in [-0.25, -0.2) is 4.39 Å². The van der Waals surface area contributed by atoms with E-state index >= 15 is 0 Å². The first kappa shape index (κ1) is 24.0. The van der Waals surface area contributed by atoms with Crippen LogP contribution in [-0.2, 0) is 22.6 Å². The number of benzene rings is 2. The average Bonchev–Trinajstić information content (AvgIpc) is 3.58. The molecule has 5 rings (SSSR count). The second-order valence-corrected chi connectivity index (χ2v) is 10.6. The first-order chi connectivity index (χ1) is 17.0. The van der Waals surface area contributed by atoms with Gasteiger partial charge in [0.05, 0.1) is 0 Å². The van der Waals surface area contributed by atoms with E-state index in [2.05, 4.69) is 17.0 Å². The molecule has 0 aromatic heterocycles. The number of carbonyl (C=O) groups is 2. The van der Waals surface area contributed by atoms with Crippen LogP contribution in [0, 0.1) is 17.2 Å². The number of hydrogen-bond acceptors (Lipinski definition) is 3. The highest BCUT2D eigenvalue weighted by atomic mass is 19.1. The predicted octanol–water partition coefficient (Wildman–Crippen LogP) is 4.12. The van der Waals surface area contributed by atoms with Gasteiger partial charge in [0.15, 0.2) is 0 Å². The van der Waals surface area contributed by atoms with E-state index in [1.807, 2.05) is 34.1 Å². The molecule has 1 spiro atoms. The zero-order valence-electron chi connectivity index (χ0n) is 20.5. The van der Waals surface area contributed by atoms with Crippen molar-refractivity contribution in [3.63, 3.8) is 0 Å². The van der Waals surface area contributed by atoms with Gasteiger partial charge in [0.2, 0.25) is 11.8 Å². The summed E-state index contributed by atoms with van der Waals surface area (Å²) in [6.45, 7) is 5.44. The molecule has 6 heteroatoms. The number of piperidine rings is 1. The molecule has 0 N–H and O–H groups in total. The van der Waals surface area contributed by atoms with Crippen LogP contribution in [-0.4, -0.2) is 65.8 Å². The highest BCUT2D eigenvalue weighted by molar-refractivity contribution is 5.83. The number of piperazine rings is 1. The standard InChI is InChI=1S/C29H36FN3O2/c30-25-10-4-9-24(20-25)22-31-16-18-33(19-17-31)28(35)26-21-29(26)12-14-32(15-13-29)27(34)11-5-8-23-6-2-1-3-7-23/h1-4,6-7,9-10,20,26H,5,8,11-19,21-22H2. The number of hydrogen-bond donors (Lipinski definition) is 0. The molecule has 0 radical (unpaired) electrons. The number of likely N-dealkylation sites (tertiary alicyclic amines) is 1. The molecule has 2 aliphatic heterocycles. The van der Waals surface area contributed by atoms with E-state index in [4.69, 9.17) is 0 Å². The maximum Gasteiger partial charge on any atom is 0.226 e. The minimum atomic E-state index is -0.199. The molecule has 5 nitrogen and oxygen atoms in total. The maximum atomic E-state index is 13.5. The number of amides is 2. The van der Waals surface area contributed by atoms with E-state index in [1.165, 1.54) is 11.6 Å². The Morgan fingerprint density at radius 3 is 2.29 bits per heavy atom. The zero-order chi connectivity index (χ0) is 24.3. The summed E-state index contributed by atoms with van der Waals surface area (Å²) in [5, 5.41) is 0. The summed E-state index contributed by atoms with van der Waals surface area (Å²) in [7, 11) is 0. The molecule has 2 aromatic carbocycles. The molecule has 186 valence electrons. The Labute approximate surface area is 207 Å². The van der Waals surface area contributed by atoms with Crippen LogP contribution >= 0.6 is 0 Å². The van der Waals surface area contributed by atoms with Crippen LogP contribution in [0.15, 0.2) is 54.6 Å². The van der Waals surface area contributed by atoms with Gasteiger partial charge in [-0.1, -0.05) is 42.5 Å². The molecular formula is C29H36FN3O2. The maximum absolute atomic E-state index is 13.5. The van der Waals surface area contributed by atoms with Crippen molar-refractivity contribution in [3.8, 4) is 0 Å². The fraction of sp³-hybridized carbons (Fsp3) is 0.517. The number of nitrogens with zero attached hydrogens (tertiary/aromatic N) is 3. The van der Waals surface area contributed by atoms with Crippen LogP contribution in [0.25, 0.3) is 0 Å². The zero-order valence-corrected chi connectivity index (χ0v) is 20.5. The van der Waals surface area contributed by atoms with Gasteiger partial charge in [0.1, 0.15) is 5.82 Å². The molecule has 2 saturated heterocycles. The number of aryl methyl sites for hydroxylation is 1. The molecular weight excluding hydrogens is 441 g/mol. The van der Waals surface area contributed by atoms with Gasteiger partial charge in [-0.05, 0) is 60.8 Å². The van der Waals surface area contributed by atoms with Crippen molar-refractivity contribution in [1.29, 1.82) is 0 Å². The van der Waals surface area contributed by atoms with Gasteiger partial charge < -0.3 is 9.80 Å². The minimum Gasteiger partial charge on any atom is -0.343 e. The number of halogens is 1. The number of rotatable bonds is 7. The smallest absolute Gasteiger partial charge is 0.226 e. The Hall–Kier alpha value is -2.73. The van der Waals surface area contributed by atoms with Gasteiger partial charge in [-0.2, -0.15) is 0 Å². The Balaban J connectivity index is 1.03. The normalized spacial score (nSPS) is 21.8. The first-order valence-corrected chi connectivity index (χ1v) is 13.1. The van der Waals surface area contributed by atoms with Crippen LogP contribution in [0.4, 0.5) is 4.39 Å². The molecule has 2 aromatic rings. The summed E-state index contributed by atoms with van der Waals surface area (Å²) < 4.78 is 13.5. The molecule has 2 heterocycles. The van der Waals surface area contributed by atoms with E-state index in [0.29, 0.717) is 12.3 Å². The third kappa shape index (κ3) is 5.75. The van der Waals surface area contributed by atoms with E-state index in [-0.39, 0.29) is 23.1 Å². The van der Waals surface area contributed by atoms with Crippen LogP contribution in [0.2, 0.25) is 0 Å². The lowest BCUT2D eigenvalue weighted by atomic mass is 9.90. The van der Waals surface area contributed by atoms with Crippen molar-refractivity contribution < 1.29 is 14.0 Å². The molecule has 3 fully saturated rings. The predicted molar refractivity (Wildman–Crippen MR) is 134 cm³/mol. The Morgan fingerprint density at radius 2 is 1.57 bits per heavy atom. The summed E-state index contributed by atoms with van der Waals surface area (Å²) in [6, 6.07) is 17.1. The summed E-state index contributed by atoms with van der Waals surface area (Å²) in [5.74, 6) is 0.495. The van der Waals surface area contributed by atoms with Crippen molar-refractivity contribution in [3.05, 3.63) is 71.5 Å². The van der Waals surface area contributed by atoms with Crippen molar-refractivity contribution in [2.45, 2.75) is 45.1 Å². The van der Waals surface area contributed by atoms with E-state index in [9.17, 15) is 14.0 Å².